The van der Waals surface area contributed by atoms with Crippen LogP contribution in [0.3, 0.4) is 0 Å². The van der Waals surface area contributed by atoms with Crippen molar-refractivity contribution in [3.05, 3.63) is 64.4 Å². The van der Waals surface area contributed by atoms with Crippen LogP contribution < -0.4 is 5.56 Å². The topological polar surface area (TPSA) is 81.7 Å². The quantitative estimate of drug-likeness (QED) is 0.423. The lowest BCUT2D eigenvalue weighted by Crippen LogP contribution is -2.46. The first kappa shape index (κ1) is 21.7. The molecule has 2 aromatic carbocycles. The van der Waals surface area contributed by atoms with Gasteiger partial charge < -0.3 is 9.64 Å². The number of aromatic nitrogens is 4. The number of carbonyl (C=O) groups excluding carboxylic acids is 1. The van der Waals surface area contributed by atoms with Crippen molar-refractivity contribution < 1.29 is 9.53 Å². The first-order valence-corrected chi connectivity index (χ1v) is 12.0. The van der Waals surface area contributed by atoms with Crippen molar-refractivity contribution in [2.45, 2.75) is 31.5 Å². The van der Waals surface area contributed by atoms with Crippen LogP contribution in [0.2, 0.25) is 0 Å². The molecule has 1 aliphatic rings. The lowest BCUT2D eigenvalue weighted by molar-refractivity contribution is -0.135. The molecule has 1 unspecified atom stereocenters. The summed E-state index contributed by atoms with van der Waals surface area (Å²) in [5.41, 5.74) is 2.30. The highest BCUT2D eigenvalue weighted by Crippen LogP contribution is 2.24. The van der Waals surface area contributed by atoms with Crippen LogP contribution in [0.15, 0.2) is 58.5 Å². The predicted molar refractivity (Wildman–Crippen MR) is 128 cm³/mol. The van der Waals surface area contributed by atoms with Crippen LogP contribution in [0, 0.1) is 6.92 Å². The summed E-state index contributed by atoms with van der Waals surface area (Å²) in [5, 5.41) is 9.89. The normalized spacial score (nSPS) is 16.5. The van der Waals surface area contributed by atoms with E-state index in [2.05, 4.69) is 17.1 Å². The summed E-state index contributed by atoms with van der Waals surface area (Å²) in [6.07, 6.45) is 0.975. The minimum Gasteiger partial charge on any atom is -0.375 e. The number of hydrogen-bond donors (Lipinski definition) is 0. The maximum absolute atomic E-state index is 13.4. The molecule has 1 saturated heterocycles. The molecule has 33 heavy (non-hydrogen) atoms. The Bertz CT molecular complexity index is 1400. The number of para-hydroxylation sites is 2. The second kappa shape index (κ2) is 8.99. The fourth-order valence-corrected chi connectivity index (χ4v) is 5.06. The molecular formula is C24H25N5O3S. The molecule has 170 valence electrons. The molecule has 0 saturated carbocycles. The first-order chi connectivity index (χ1) is 16.1. The van der Waals surface area contributed by atoms with Gasteiger partial charge in [-0.25, -0.2) is 4.57 Å². The molecule has 8 nitrogen and oxygen atoms in total. The van der Waals surface area contributed by atoms with E-state index in [1.54, 1.807) is 4.57 Å². The van der Waals surface area contributed by atoms with Crippen molar-refractivity contribution in [2.24, 2.45) is 0 Å². The number of nitrogens with zero attached hydrogens (tertiary/aromatic N) is 5. The minimum absolute atomic E-state index is 0.0510. The highest BCUT2D eigenvalue weighted by atomic mass is 32.2. The van der Waals surface area contributed by atoms with Gasteiger partial charge in [0.15, 0.2) is 5.16 Å². The fraction of sp³-hybridized carbons (Fsp3) is 0.333. The lowest BCUT2D eigenvalue weighted by Gasteiger charge is -2.32. The van der Waals surface area contributed by atoms with E-state index >= 15 is 0 Å². The van der Waals surface area contributed by atoms with Crippen molar-refractivity contribution in [3.8, 4) is 5.69 Å². The number of fused-ring (bicyclic) bond motifs is 3. The molecule has 1 amide bonds. The Hall–Kier alpha value is -3.17. The van der Waals surface area contributed by atoms with E-state index in [4.69, 9.17) is 4.74 Å². The van der Waals surface area contributed by atoms with E-state index in [0.29, 0.717) is 36.0 Å². The van der Waals surface area contributed by atoms with Gasteiger partial charge >= 0.3 is 0 Å². The summed E-state index contributed by atoms with van der Waals surface area (Å²) >= 11 is 1.34. The fourth-order valence-electron chi connectivity index (χ4n) is 4.21. The van der Waals surface area contributed by atoms with Crippen molar-refractivity contribution in [2.75, 3.05) is 25.4 Å². The number of rotatable bonds is 5. The molecule has 1 atom stereocenters. The average Bonchev–Trinajstić information content (AvgIpc) is 3.27. The summed E-state index contributed by atoms with van der Waals surface area (Å²) in [7, 11) is 0. The van der Waals surface area contributed by atoms with Gasteiger partial charge in [0.2, 0.25) is 11.7 Å². The predicted octanol–water partition coefficient (Wildman–Crippen LogP) is 3.07. The van der Waals surface area contributed by atoms with E-state index in [-0.39, 0.29) is 23.3 Å². The number of aryl methyl sites for hydroxylation is 1. The van der Waals surface area contributed by atoms with Crippen molar-refractivity contribution >= 4 is 34.3 Å². The first-order valence-electron chi connectivity index (χ1n) is 11.1. The highest BCUT2D eigenvalue weighted by molar-refractivity contribution is 7.99. The molecule has 1 fully saturated rings. The summed E-state index contributed by atoms with van der Waals surface area (Å²) in [5.74, 6) is 0.727. The van der Waals surface area contributed by atoms with Crippen molar-refractivity contribution in [3.63, 3.8) is 0 Å². The maximum Gasteiger partial charge on any atom is 0.267 e. The van der Waals surface area contributed by atoms with Gasteiger partial charge in [-0.05, 0) is 37.1 Å². The van der Waals surface area contributed by atoms with Gasteiger partial charge in [0.05, 0.1) is 35.1 Å². The van der Waals surface area contributed by atoms with Crippen LogP contribution in [0.1, 0.15) is 18.9 Å². The van der Waals surface area contributed by atoms with Crippen LogP contribution in [0.25, 0.3) is 22.4 Å². The molecule has 3 heterocycles. The number of hydrogen-bond acceptors (Lipinski definition) is 6. The van der Waals surface area contributed by atoms with Crippen molar-refractivity contribution in [1.29, 1.82) is 0 Å². The SMILES string of the molecule is CCC1CN(C(=O)CSc2nnc3n(-c4ccccc4C)c(=O)c4ccccc4n23)CCO1. The van der Waals surface area contributed by atoms with Gasteiger partial charge in [0.25, 0.3) is 5.56 Å². The molecule has 9 heteroatoms. The molecule has 0 aliphatic carbocycles. The third-order valence-electron chi connectivity index (χ3n) is 6.02. The van der Waals surface area contributed by atoms with Crippen LogP contribution in [-0.2, 0) is 9.53 Å². The smallest absolute Gasteiger partial charge is 0.267 e. The molecule has 0 radical (unpaired) electrons. The summed E-state index contributed by atoms with van der Waals surface area (Å²) in [6.45, 7) is 5.81. The number of carbonyl (C=O) groups is 1. The minimum atomic E-state index is -0.147. The van der Waals surface area contributed by atoms with Gasteiger partial charge in [0.1, 0.15) is 0 Å². The van der Waals surface area contributed by atoms with E-state index < -0.39 is 0 Å². The van der Waals surface area contributed by atoms with E-state index in [0.717, 1.165) is 23.2 Å². The zero-order valence-electron chi connectivity index (χ0n) is 18.6. The number of benzene rings is 2. The van der Waals surface area contributed by atoms with Crippen LogP contribution in [-0.4, -0.2) is 61.5 Å². The molecule has 0 N–H and O–H groups in total. The zero-order valence-corrected chi connectivity index (χ0v) is 19.4. The summed E-state index contributed by atoms with van der Waals surface area (Å²) in [6, 6.07) is 15.1. The Morgan fingerprint density at radius 3 is 2.76 bits per heavy atom. The Morgan fingerprint density at radius 1 is 1.15 bits per heavy atom. The third-order valence-corrected chi connectivity index (χ3v) is 6.94. The average molecular weight is 464 g/mol. The van der Waals surface area contributed by atoms with Gasteiger partial charge in [-0.15, -0.1) is 10.2 Å². The molecule has 4 aromatic rings. The van der Waals surface area contributed by atoms with E-state index in [1.807, 2.05) is 64.8 Å². The Kier molecular flexibility index (Phi) is 5.90. The van der Waals surface area contributed by atoms with Gasteiger partial charge in [-0.2, -0.15) is 0 Å². The molecular weight excluding hydrogens is 438 g/mol. The Balaban J connectivity index is 1.56. The Labute approximate surface area is 195 Å². The molecule has 0 bridgehead atoms. The summed E-state index contributed by atoms with van der Waals surface area (Å²) in [4.78, 5) is 28.2. The van der Waals surface area contributed by atoms with Crippen molar-refractivity contribution in [1.82, 2.24) is 24.1 Å². The standard InChI is InChI=1S/C24H25N5O3S/c1-3-17-14-27(12-13-32-17)21(30)15-33-24-26-25-23-28(19-10-6-4-8-16(19)2)22(31)18-9-5-7-11-20(18)29(23)24/h4-11,17H,3,12-15H2,1-2H3. The van der Waals surface area contributed by atoms with Crippen LogP contribution in [0.5, 0.6) is 0 Å². The highest BCUT2D eigenvalue weighted by Gasteiger charge is 2.24. The second-order valence-electron chi connectivity index (χ2n) is 8.09. The van der Waals surface area contributed by atoms with Crippen LogP contribution >= 0.6 is 11.8 Å². The monoisotopic (exact) mass is 463 g/mol. The Morgan fingerprint density at radius 2 is 1.94 bits per heavy atom. The van der Waals surface area contributed by atoms with E-state index in [1.165, 1.54) is 11.8 Å². The lowest BCUT2D eigenvalue weighted by atomic mass is 10.2. The third kappa shape index (κ3) is 3.91. The van der Waals surface area contributed by atoms with Gasteiger partial charge in [-0.1, -0.05) is 49.0 Å². The molecule has 0 spiro atoms. The molecule has 1 aliphatic heterocycles. The molecule has 2 aromatic heterocycles. The zero-order chi connectivity index (χ0) is 22.9. The van der Waals surface area contributed by atoms with Crippen LogP contribution in [0.4, 0.5) is 0 Å². The number of thioether (sulfide) groups is 1. The summed E-state index contributed by atoms with van der Waals surface area (Å²) < 4.78 is 9.15. The second-order valence-corrected chi connectivity index (χ2v) is 9.03. The van der Waals surface area contributed by atoms with Gasteiger partial charge in [-0.3, -0.25) is 14.0 Å². The maximum atomic E-state index is 13.4. The number of amides is 1. The van der Waals surface area contributed by atoms with E-state index in [9.17, 15) is 9.59 Å². The molecule has 5 rings (SSSR count). The van der Waals surface area contributed by atoms with Gasteiger partial charge in [0, 0.05) is 13.1 Å². The largest absolute Gasteiger partial charge is 0.375 e. The number of ether oxygens (including phenoxy) is 1. The number of morpholine rings is 1.